The van der Waals surface area contributed by atoms with Crippen LogP contribution in [0.5, 0.6) is 0 Å². The Balaban J connectivity index is 0.00000176. The van der Waals surface area contributed by atoms with Gasteiger partial charge in [0.05, 0.1) is 6.54 Å². The molecule has 2 saturated carbocycles. The average molecular weight is 431 g/mol. The number of nitrogens with one attached hydrogen (secondary N) is 2. The van der Waals surface area contributed by atoms with Crippen molar-refractivity contribution < 1.29 is 0 Å². The highest BCUT2D eigenvalue weighted by molar-refractivity contribution is 14.0. The number of thioether (sulfide) groups is 1. The van der Waals surface area contributed by atoms with Crippen molar-refractivity contribution in [3.05, 3.63) is 30.3 Å². The summed E-state index contributed by atoms with van der Waals surface area (Å²) in [4.78, 5) is 6.19. The summed E-state index contributed by atoms with van der Waals surface area (Å²) in [6, 6.07) is 11.3. The molecule has 0 saturated heterocycles. The van der Waals surface area contributed by atoms with Gasteiger partial charge in [0.15, 0.2) is 5.96 Å². The molecule has 0 aliphatic heterocycles. The summed E-state index contributed by atoms with van der Waals surface area (Å²) in [7, 11) is 0. The maximum Gasteiger partial charge on any atom is 0.191 e. The fraction of sp³-hybridized carbons (Fsp3) is 0.588. The van der Waals surface area contributed by atoms with E-state index in [1.807, 2.05) is 11.8 Å². The van der Waals surface area contributed by atoms with Crippen LogP contribution in [-0.2, 0) is 0 Å². The van der Waals surface area contributed by atoms with Gasteiger partial charge in [-0.15, -0.1) is 35.7 Å². The first-order chi connectivity index (χ1) is 10.2. The van der Waals surface area contributed by atoms with Gasteiger partial charge in [-0.1, -0.05) is 25.1 Å². The Bertz CT molecular complexity index is 502. The lowest BCUT2D eigenvalue weighted by atomic mass is 10.4. The van der Waals surface area contributed by atoms with Crippen LogP contribution in [0.4, 0.5) is 0 Å². The molecule has 2 fully saturated rings. The smallest absolute Gasteiger partial charge is 0.191 e. The summed E-state index contributed by atoms with van der Waals surface area (Å²) in [5.41, 5.74) is 0. The second-order valence-corrected chi connectivity index (χ2v) is 7.80. The number of halogens is 1. The number of nitrogens with zero attached hydrogens (tertiary/aromatic N) is 1. The Morgan fingerprint density at radius 3 is 2.55 bits per heavy atom. The van der Waals surface area contributed by atoms with E-state index in [4.69, 9.17) is 4.99 Å². The summed E-state index contributed by atoms with van der Waals surface area (Å²) in [6.07, 6.45) is 3.82. The average Bonchev–Trinajstić information content (AvgIpc) is 3.39. The Kier molecular flexibility index (Phi) is 6.44. The van der Waals surface area contributed by atoms with E-state index >= 15 is 0 Å². The first-order valence-corrected chi connectivity index (χ1v) is 8.81. The third-order valence-electron chi connectivity index (χ3n) is 4.19. The van der Waals surface area contributed by atoms with Crippen LogP contribution in [0, 0.1) is 5.92 Å². The lowest BCUT2D eigenvalue weighted by molar-refractivity contribution is 0.760. The summed E-state index contributed by atoms with van der Waals surface area (Å²) in [5, 5.41) is 6.90. The van der Waals surface area contributed by atoms with Gasteiger partial charge in [-0.2, -0.15) is 0 Å². The molecule has 5 heteroatoms. The molecule has 3 nitrogen and oxygen atoms in total. The van der Waals surface area contributed by atoms with Crippen LogP contribution in [0.1, 0.15) is 33.1 Å². The van der Waals surface area contributed by atoms with Gasteiger partial charge in [0.1, 0.15) is 0 Å². The monoisotopic (exact) mass is 431 g/mol. The van der Waals surface area contributed by atoms with Gasteiger partial charge in [0.25, 0.3) is 0 Å². The quantitative estimate of drug-likeness (QED) is 0.408. The van der Waals surface area contributed by atoms with Gasteiger partial charge in [-0.05, 0) is 44.2 Å². The van der Waals surface area contributed by atoms with Crippen LogP contribution in [0.3, 0.4) is 0 Å². The predicted molar refractivity (Wildman–Crippen MR) is 106 cm³/mol. The van der Waals surface area contributed by atoms with Crippen molar-refractivity contribution in [1.29, 1.82) is 0 Å². The van der Waals surface area contributed by atoms with E-state index in [-0.39, 0.29) is 24.0 Å². The Labute approximate surface area is 155 Å². The largest absolute Gasteiger partial charge is 0.357 e. The summed E-state index contributed by atoms with van der Waals surface area (Å²) in [5.74, 6) is 1.79. The highest BCUT2D eigenvalue weighted by Crippen LogP contribution is 2.51. The van der Waals surface area contributed by atoms with Crippen LogP contribution >= 0.6 is 35.7 Å². The van der Waals surface area contributed by atoms with Crippen LogP contribution < -0.4 is 10.6 Å². The number of hydrogen-bond acceptors (Lipinski definition) is 2. The first-order valence-electron chi connectivity index (χ1n) is 8.00. The van der Waals surface area contributed by atoms with Gasteiger partial charge in [0.2, 0.25) is 0 Å². The zero-order valence-electron chi connectivity index (χ0n) is 13.3. The SMILES string of the molecule is CCNC(=NCC1(Sc2ccccc2)CC1)NC1CC1C.I. The number of rotatable bonds is 6. The van der Waals surface area contributed by atoms with Crippen molar-refractivity contribution in [3.8, 4) is 0 Å². The fourth-order valence-corrected chi connectivity index (χ4v) is 3.64. The molecular weight excluding hydrogens is 405 g/mol. The number of benzene rings is 1. The van der Waals surface area contributed by atoms with E-state index in [0.717, 1.165) is 25.0 Å². The topological polar surface area (TPSA) is 36.4 Å². The number of aliphatic imine (C=N–C) groups is 1. The van der Waals surface area contributed by atoms with Gasteiger partial charge >= 0.3 is 0 Å². The molecule has 3 rings (SSSR count). The lowest BCUT2D eigenvalue weighted by Gasteiger charge is -2.15. The fourth-order valence-electron chi connectivity index (χ4n) is 2.41. The minimum Gasteiger partial charge on any atom is -0.357 e. The third kappa shape index (κ3) is 5.05. The van der Waals surface area contributed by atoms with Crippen molar-refractivity contribution in [1.82, 2.24) is 10.6 Å². The van der Waals surface area contributed by atoms with Crippen LogP contribution in [0.15, 0.2) is 40.2 Å². The van der Waals surface area contributed by atoms with Gasteiger partial charge < -0.3 is 10.6 Å². The van der Waals surface area contributed by atoms with Crippen LogP contribution in [-0.4, -0.2) is 29.8 Å². The molecule has 2 atom stereocenters. The Morgan fingerprint density at radius 2 is 2.00 bits per heavy atom. The number of hydrogen-bond donors (Lipinski definition) is 2. The molecular formula is C17H26IN3S. The Hall–Kier alpha value is -0.430. The standard InChI is InChI=1S/C17H25N3S.HI/c1-3-18-16(20-15-11-13(15)2)19-12-17(9-10-17)21-14-7-5-4-6-8-14;/h4-8,13,15H,3,9-12H2,1-2H3,(H2,18,19,20);1H. The molecule has 1 aromatic carbocycles. The summed E-state index contributed by atoms with van der Waals surface area (Å²) in [6.45, 7) is 6.24. The number of guanidine groups is 1. The highest BCUT2D eigenvalue weighted by Gasteiger charge is 2.43. The molecule has 0 bridgehead atoms. The maximum absolute atomic E-state index is 4.83. The normalized spacial score (nSPS) is 25.1. The van der Waals surface area contributed by atoms with Crippen molar-refractivity contribution in [2.24, 2.45) is 10.9 Å². The molecule has 0 aromatic heterocycles. The molecule has 2 unspecified atom stereocenters. The molecule has 1 aromatic rings. The lowest BCUT2D eigenvalue weighted by Crippen LogP contribution is -2.39. The predicted octanol–water partition coefficient (Wildman–Crippen LogP) is 3.89. The van der Waals surface area contributed by atoms with Gasteiger partial charge in [-0.25, -0.2) is 0 Å². The third-order valence-corrected chi connectivity index (χ3v) is 5.66. The van der Waals surface area contributed by atoms with E-state index < -0.39 is 0 Å². The minimum absolute atomic E-state index is 0. The molecule has 2 aliphatic carbocycles. The zero-order valence-corrected chi connectivity index (χ0v) is 16.5. The second-order valence-electron chi connectivity index (χ2n) is 6.26. The molecule has 22 heavy (non-hydrogen) atoms. The Morgan fingerprint density at radius 1 is 1.32 bits per heavy atom. The van der Waals surface area contributed by atoms with Gasteiger partial charge in [0, 0.05) is 22.2 Å². The molecule has 2 N–H and O–H groups in total. The summed E-state index contributed by atoms with van der Waals surface area (Å²) >= 11 is 1.99. The maximum atomic E-state index is 4.83. The van der Waals surface area contributed by atoms with E-state index in [0.29, 0.717) is 10.8 Å². The summed E-state index contributed by atoms with van der Waals surface area (Å²) < 4.78 is 0.332. The van der Waals surface area contributed by atoms with Gasteiger partial charge in [-0.3, -0.25) is 4.99 Å². The van der Waals surface area contributed by atoms with E-state index in [2.05, 4.69) is 54.8 Å². The molecule has 0 amide bonds. The molecule has 2 aliphatic rings. The molecule has 0 heterocycles. The molecule has 122 valence electrons. The molecule has 0 spiro atoms. The molecule has 0 radical (unpaired) electrons. The highest BCUT2D eigenvalue weighted by atomic mass is 127. The van der Waals surface area contributed by atoms with E-state index in [1.165, 1.54) is 24.2 Å². The minimum atomic E-state index is 0. The first kappa shape index (κ1) is 17.9. The van der Waals surface area contributed by atoms with Crippen molar-refractivity contribution in [3.63, 3.8) is 0 Å². The van der Waals surface area contributed by atoms with Crippen molar-refractivity contribution >= 4 is 41.7 Å². The van der Waals surface area contributed by atoms with E-state index in [1.54, 1.807) is 0 Å². The zero-order chi connectivity index (χ0) is 14.7. The second kappa shape index (κ2) is 7.90. The van der Waals surface area contributed by atoms with Crippen LogP contribution in [0.25, 0.3) is 0 Å². The van der Waals surface area contributed by atoms with Crippen molar-refractivity contribution in [2.75, 3.05) is 13.1 Å². The van der Waals surface area contributed by atoms with Crippen LogP contribution in [0.2, 0.25) is 0 Å². The van der Waals surface area contributed by atoms with Crippen molar-refractivity contribution in [2.45, 2.75) is 48.8 Å². The van der Waals surface area contributed by atoms with E-state index in [9.17, 15) is 0 Å².